The quantitative estimate of drug-likeness (QED) is 0.357. The number of thiocarbonyl (C=S) groups is 1. The van der Waals surface area contributed by atoms with Crippen molar-refractivity contribution < 1.29 is 14.3 Å². The van der Waals surface area contributed by atoms with Gasteiger partial charge in [0, 0.05) is 29.9 Å². The van der Waals surface area contributed by atoms with Crippen LogP contribution < -0.4 is 15.4 Å². The van der Waals surface area contributed by atoms with Gasteiger partial charge in [0.25, 0.3) is 11.8 Å². The van der Waals surface area contributed by atoms with Crippen molar-refractivity contribution in [2.24, 2.45) is 0 Å². The second kappa shape index (κ2) is 13.5. The van der Waals surface area contributed by atoms with Crippen LogP contribution >= 0.6 is 12.2 Å². The summed E-state index contributed by atoms with van der Waals surface area (Å²) in [4.78, 5) is 27.0. The molecule has 0 aliphatic rings. The standard InChI is InChI=1S/C25H33N3O3S/c1-4-7-18-31-22-14-10-19(11-15-22)23(29)27-25(32)26-21-12-8-20(9-13-21)24(30)28(16-5-2)17-6-3/h8-15H,4-7,16-18H2,1-3H3,(H2,26,27,29,32). The van der Waals surface area contributed by atoms with Crippen molar-refractivity contribution in [3.63, 3.8) is 0 Å². The van der Waals surface area contributed by atoms with Crippen molar-refractivity contribution in [3.8, 4) is 5.75 Å². The number of anilines is 1. The van der Waals surface area contributed by atoms with Crippen LogP contribution in [0.25, 0.3) is 0 Å². The van der Waals surface area contributed by atoms with E-state index in [9.17, 15) is 9.59 Å². The van der Waals surface area contributed by atoms with Gasteiger partial charge in [-0.05, 0) is 80.0 Å². The number of rotatable bonds is 11. The maximum absolute atomic E-state index is 12.7. The second-order valence-corrected chi connectivity index (χ2v) is 7.91. The molecule has 32 heavy (non-hydrogen) atoms. The molecule has 0 fully saturated rings. The highest BCUT2D eigenvalue weighted by Gasteiger charge is 2.14. The molecule has 0 aliphatic heterocycles. The predicted molar refractivity (Wildman–Crippen MR) is 133 cm³/mol. The third-order valence-electron chi connectivity index (χ3n) is 4.77. The first-order chi connectivity index (χ1) is 15.5. The minimum Gasteiger partial charge on any atom is -0.494 e. The van der Waals surface area contributed by atoms with E-state index in [-0.39, 0.29) is 16.9 Å². The highest BCUT2D eigenvalue weighted by molar-refractivity contribution is 7.80. The molecule has 2 amide bonds. The number of unbranched alkanes of at least 4 members (excludes halogenated alkanes) is 1. The zero-order valence-corrected chi connectivity index (χ0v) is 20.0. The number of nitrogens with one attached hydrogen (secondary N) is 2. The first-order valence-corrected chi connectivity index (χ1v) is 11.6. The number of benzene rings is 2. The van der Waals surface area contributed by atoms with Crippen LogP contribution in [-0.4, -0.2) is 41.5 Å². The number of amides is 2. The number of carbonyl (C=O) groups is 2. The number of hydrogen-bond acceptors (Lipinski definition) is 4. The van der Waals surface area contributed by atoms with Crippen molar-refractivity contribution in [2.45, 2.75) is 46.5 Å². The summed E-state index contributed by atoms with van der Waals surface area (Å²) >= 11 is 5.26. The Morgan fingerprint density at radius 2 is 1.47 bits per heavy atom. The molecule has 7 heteroatoms. The lowest BCUT2D eigenvalue weighted by Gasteiger charge is -2.21. The summed E-state index contributed by atoms with van der Waals surface area (Å²) in [5.74, 6) is 0.462. The average Bonchev–Trinajstić information content (AvgIpc) is 2.79. The predicted octanol–water partition coefficient (Wildman–Crippen LogP) is 5.25. The van der Waals surface area contributed by atoms with Gasteiger partial charge in [-0.1, -0.05) is 27.2 Å². The molecule has 0 spiro atoms. The molecule has 0 unspecified atom stereocenters. The van der Waals surface area contributed by atoms with E-state index in [4.69, 9.17) is 17.0 Å². The molecule has 2 aromatic rings. The molecule has 0 aromatic heterocycles. The zero-order valence-electron chi connectivity index (χ0n) is 19.1. The lowest BCUT2D eigenvalue weighted by atomic mass is 10.1. The van der Waals surface area contributed by atoms with Crippen LogP contribution in [0.4, 0.5) is 5.69 Å². The third-order valence-corrected chi connectivity index (χ3v) is 4.98. The fourth-order valence-electron chi connectivity index (χ4n) is 3.11. The topological polar surface area (TPSA) is 70.7 Å². The van der Waals surface area contributed by atoms with Crippen molar-refractivity contribution >= 4 is 34.8 Å². The molecule has 0 radical (unpaired) electrons. The summed E-state index contributed by atoms with van der Waals surface area (Å²) < 4.78 is 5.61. The summed E-state index contributed by atoms with van der Waals surface area (Å²) in [6.07, 6.45) is 3.91. The van der Waals surface area contributed by atoms with E-state index in [2.05, 4.69) is 31.4 Å². The van der Waals surface area contributed by atoms with Gasteiger partial charge in [0.2, 0.25) is 0 Å². The minimum atomic E-state index is -0.302. The van der Waals surface area contributed by atoms with E-state index >= 15 is 0 Å². The molecule has 2 N–H and O–H groups in total. The maximum Gasteiger partial charge on any atom is 0.257 e. The van der Waals surface area contributed by atoms with Crippen LogP contribution in [0.15, 0.2) is 48.5 Å². The van der Waals surface area contributed by atoms with Gasteiger partial charge in [-0.3, -0.25) is 14.9 Å². The molecule has 2 aromatic carbocycles. The lowest BCUT2D eigenvalue weighted by molar-refractivity contribution is 0.0755. The summed E-state index contributed by atoms with van der Waals surface area (Å²) in [5.41, 5.74) is 1.82. The van der Waals surface area contributed by atoms with E-state index in [1.54, 1.807) is 48.5 Å². The second-order valence-electron chi connectivity index (χ2n) is 7.50. The largest absolute Gasteiger partial charge is 0.494 e. The van der Waals surface area contributed by atoms with Gasteiger partial charge in [0.15, 0.2) is 5.11 Å². The summed E-state index contributed by atoms with van der Waals surface area (Å²) in [6, 6.07) is 14.1. The fraction of sp³-hybridized carbons (Fsp3) is 0.400. The smallest absolute Gasteiger partial charge is 0.257 e. The zero-order chi connectivity index (χ0) is 23.3. The van der Waals surface area contributed by atoms with E-state index in [1.165, 1.54) is 0 Å². The Bertz CT molecular complexity index is 876. The first-order valence-electron chi connectivity index (χ1n) is 11.2. The normalized spacial score (nSPS) is 10.3. The Morgan fingerprint density at radius 3 is 2.03 bits per heavy atom. The van der Waals surface area contributed by atoms with E-state index in [1.807, 2.05) is 4.90 Å². The highest BCUT2D eigenvalue weighted by Crippen LogP contribution is 2.14. The molecule has 172 valence electrons. The molecule has 0 saturated carbocycles. The number of hydrogen-bond donors (Lipinski definition) is 2. The first kappa shape index (κ1) is 25.3. The SMILES string of the molecule is CCCCOc1ccc(C(=O)NC(=S)Nc2ccc(C(=O)N(CCC)CCC)cc2)cc1. The molecule has 0 saturated heterocycles. The molecule has 0 atom stereocenters. The van der Waals surface area contributed by atoms with Crippen LogP contribution in [0, 0.1) is 0 Å². The van der Waals surface area contributed by atoms with Gasteiger partial charge >= 0.3 is 0 Å². The molecule has 0 aliphatic carbocycles. The minimum absolute atomic E-state index is 0.0262. The molecule has 0 heterocycles. The van der Waals surface area contributed by atoms with Gasteiger partial charge < -0.3 is 15.0 Å². The van der Waals surface area contributed by atoms with Crippen molar-refractivity contribution in [3.05, 3.63) is 59.7 Å². The lowest BCUT2D eigenvalue weighted by Crippen LogP contribution is -2.34. The molecule has 6 nitrogen and oxygen atoms in total. The Kier molecular flexibility index (Phi) is 10.7. The van der Waals surface area contributed by atoms with Gasteiger partial charge in [-0.25, -0.2) is 0 Å². The summed E-state index contributed by atoms with van der Waals surface area (Å²) in [7, 11) is 0. The summed E-state index contributed by atoms with van der Waals surface area (Å²) in [6.45, 7) is 8.39. The van der Waals surface area contributed by atoms with Gasteiger partial charge in [0.05, 0.1) is 6.61 Å². The van der Waals surface area contributed by atoms with Crippen LogP contribution in [0.2, 0.25) is 0 Å². The molecule has 2 rings (SSSR count). The van der Waals surface area contributed by atoms with E-state index in [0.717, 1.165) is 44.5 Å². The average molecular weight is 456 g/mol. The summed E-state index contributed by atoms with van der Waals surface area (Å²) in [5, 5.41) is 5.85. The van der Waals surface area contributed by atoms with Gasteiger partial charge in [0.1, 0.15) is 5.75 Å². The maximum atomic E-state index is 12.7. The Balaban J connectivity index is 1.89. The van der Waals surface area contributed by atoms with E-state index < -0.39 is 0 Å². The number of carbonyl (C=O) groups excluding carboxylic acids is 2. The Hall–Kier alpha value is -2.93. The van der Waals surface area contributed by atoms with Crippen LogP contribution in [-0.2, 0) is 0 Å². The van der Waals surface area contributed by atoms with Crippen LogP contribution in [0.1, 0.15) is 67.2 Å². The Morgan fingerprint density at radius 1 is 0.875 bits per heavy atom. The van der Waals surface area contributed by atoms with Crippen molar-refractivity contribution in [1.82, 2.24) is 10.2 Å². The number of ether oxygens (including phenoxy) is 1. The Labute approximate surface area is 196 Å². The van der Waals surface area contributed by atoms with Gasteiger partial charge in [-0.15, -0.1) is 0 Å². The highest BCUT2D eigenvalue weighted by atomic mass is 32.1. The molecular weight excluding hydrogens is 422 g/mol. The molecular formula is C25H33N3O3S. The third kappa shape index (κ3) is 7.96. The van der Waals surface area contributed by atoms with Crippen molar-refractivity contribution in [2.75, 3.05) is 25.0 Å². The van der Waals surface area contributed by atoms with Gasteiger partial charge in [-0.2, -0.15) is 0 Å². The van der Waals surface area contributed by atoms with Crippen molar-refractivity contribution in [1.29, 1.82) is 0 Å². The monoisotopic (exact) mass is 455 g/mol. The van der Waals surface area contributed by atoms with E-state index in [0.29, 0.717) is 23.4 Å². The molecule has 0 bridgehead atoms. The fourth-order valence-corrected chi connectivity index (χ4v) is 3.32. The van der Waals surface area contributed by atoms with Crippen LogP contribution in [0.3, 0.4) is 0 Å². The van der Waals surface area contributed by atoms with Crippen LogP contribution in [0.5, 0.6) is 5.75 Å². The number of nitrogens with zero attached hydrogens (tertiary/aromatic N) is 1.